The Bertz CT molecular complexity index is 376. The van der Waals surface area contributed by atoms with Crippen LogP contribution in [-0.2, 0) is 16.0 Å². The van der Waals surface area contributed by atoms with Crippen LogP contribution in [-0.4, -0.2) is 37.9 Å². The number of esters is 1. The Kier molecular flexibility index (Phi) is 7.68. The Morgan fingerprint density at radius 2 is 1.74 bits per heavy atom. The third kappa shape index (κ3) is 5.70. The van der Waals surface area contributed by atoms with E-state index >= 15 is 0 Å². The second-order valence-corrected chi connectivity index (χ2v) is 4.86. The fourth-order valence-electron chi connectivity index (χ4n) is 1.80. The Balaban J connectivity index is 2.60. The summed E-state index contributed by atoms with van der Waals surface area (Å²) in [5, 5.41) is 0. The molecule has 0 radical (unpaired) electrons. The van der Waals surface area contributed by atoms with Gasteiger partial charge in [0.1, 0.15) is 0 Å². The van der Waals surface area contributed by atoms with E-state index in [1.165, 1.54) is 7.11 Å². The van der Waals surface area contributed by atoms with E-state index in [0.29, 0.717) is 24.6 Å². The van der Waals surface area contributed by atoms with Gasteiger partial charge in [-0.1, -0.05) is 12.1 Å². The first-order valence-electron chi connectivity index (χ1n) is 6.24. The van der Waals surface area contributed by atoms with E-state index in [1.54, 1.807) is 0 Å². The Morgan fingerprint density at radius 1 is 1.16 bits per heavy atom. The molecule has 0 heterocycles. The average Bonchev–Trinajstić information content (AvgIpc) is 2.45. The van der Waals surface area contributed by atoms with Crippen LogP contribution < -0.4 is 4.90 Å². The summed E-state index contributed by atoms with van der Waals surface area (Å²) < 4.78 is 4.62. The average molecular weight is 304 g/mol. The number of methoxy groups -OCH3 is 1. The Morgan fingerprint density at radius 3 is 2.21 bits per heavy atom. The molecule has 0 saturated heterocycles. The SMILES string of the molecule is COC(=O)CCc1ccc(N(CCCl)CCCl)cc1. The highest BCUT2D eigenvalue weighted by atomic mass is 35.5. The van der Waals surface area contributed by atoms with Crippen LogP contribution >= 0.6 is 23.2 Å². The van der Waals surface area contributed by atoms with Gasteiger partial charge < -0.3 is 9.64 Å². The minimum Gasteiger partial charge on any atom is -0.469 e. The minimum atomic E-state index is -0.185. The Labute approximate surface area is 124 Å². The zero-order valence-corrected chi connectivity index (χ0v) is 12.6. The second-order valence-electron chi connectivity index (χ2n) is 4.11. The molecule has 0 aliphatic heterocycles. The molecule has 0 atom stereocenters. The summed E-state index contributed by atoms with van der Waals surface area (Å²) in [6.45, 7) is 1.55. The lowest BCUT2D eigenvalue weighted by Crippen LogP contribution is -2.27. The zero-order valence-electron chi connectivity index (χ0n) is 11.1. The van der Waals surface area contributed by atoms with Gasteiger partial charge in [0.2, 0.25) is 0 Å². The van der Waals surface area contributed by atoms with Gasteiger partial charge in [-0.2, -0.15) is 0 Å². The summed E-state index contributed by atoms with van der Waals surface area (Å²) in [6, 6.07) is 8.11. The molecule has 3 nitrogen and oxygen atoms in total. The predicted octanol–water partition coefficient (Wildman–Crippen LogP) is 3.08. The number of alkyl halides is 2. The van der Waals surface area contributed by atoms with Crippen LogP contribution in [0.4, 0.5) is 5.69 Å². The third-order valence-electron chi connectivity index (χ3n) is 2.86. The van der Waals surface area contributed by atoms with Gasteiger partial charge in [-0.05, 0) is 24.1 Å². The summed E-state index contributed by atoms with van der Waals surface area (Å²) >= 11 is 11.6. The number of benzene rings is 1. The summed E-state index contributed by atoms with van der Waals surface area (Å²) in [6.07, 6.45) is 1.10. The van der Waals surface area contributed by atoms with Crippen molar-refractivity contribution in [3.8, 4) is 0 Å². The van der Waals surface area contributed by atoms with E-state index in [4.69, 9.17) is 23.2 Å². The van der Waals surface area contributed by atoms with Gasteiger partial charge in [-0.15, -0.1) is 23.2 Å². The van der Waals surface area contributed by atoms with Crippen molar-refractivity contribution in [3.63, 3.8) is 0 Å². The van der Waals surface area contributed by atoms with Crippen LogP contribution in [0.15, 0.2) is 24.3 Å². The monoisotopic (exact) mass is 303 g/mol. The maximum absolute atomic E-state index is 11.1. The number of ether oxygens (including phenoxy) is 1. The van der Waals surface area contributed by atoms with Crippen molar-refractivity contribution >= 4 is 34.9 Å². The molecule has 0 fully saturated rings. The number of nitrogens with zero attached hydrogens (tertiary/aromatic N) is 1. The molecule has 0 aliphatic rings. The lowest BCUT2D eigenvalue weighted by atomic mass is 10.1. The van der Waals surface area contributed by atoms with E-state index in [1.807, 2.05) is 24.3 Å². The molecule has 0 aliphatic carbocycles. The number of hydrogen-bond donors (Lipinski definition) is 0. The van der Waals surface area contributed by atoms with Crippen molar-refractivity contribution in [1.29, 1.82) is 0 Å². The van der Waals surface area contributed by atoms with Crippen molar-refractivity contribution < 1.29 is 9.53 Å². The number of halogens is 2. The molecule has 0 saturated carbocycles. The summed E-state index contributed by atoms with van der Waals surface area (Å²) in [7, 11) is 1.40. The molecule has 0 N–H and O–H groups in total. The number of anilines is 1. The molecule has 5 heteroatoms. The topological polar surface area (TPSA) is 29.5 Å². The van der Waals surface area contributed by atoms with Crippen molar-refractivity contribution in [2.45, 2.75) is 12.8 Å². The molecular formula is C14H19Cl2NO2. The van der Waals surface area contributed by atoms with Crippen LogP contribution in [0.5, 0.6) is 0 Å². The van der Waals surface area contributed by atoms with E-state index in [0.717, 1.165) is 24.3 Å². The van der Waals surface area contributed by atoms with Crippen LogP contribution in [0.1, 0.15) is 12.0 Å². The zero-order chi connectivity index (χ0) is 14.1. The smallest absolute Gasteiger partial charge is 0.305 e. The standard InChI is InChI=1S/C14H19Cl2NO2/c1-19-14(18)7-4-12-2-5-13(6-3-12)17(10-8-15)11-9-16/h2-3,5-6H,4,7-11H2,1H3. The lowest BCUT2D eigenvalue weighted by Gasteiger charge is -2.23. The van der Waals surface area contributed by atoms with Crippen LogP contribution in [0, 0.1) is 0 Å². The molecule has 1 rings (SSSR count). The number of aryl methyl sites for hydroxylation is 1. The number of hydrogen-bond acceptors (Lipinski definition) is 3. The van der Waals surface area contributed by atoms with Gasteiger partial charge in [0.15, 0.2) is 0 Å². The van der Waals surface area contributed by atoms with Crippen LogP contribution in [0.3, 0.4) is 0 Å². The van der Waals surface area contributed by atoms with E-state index in [2.05, 4.69) is 9.64 Å². The van der Waals surface area contributed by atoms with Gasteiger partial charge >= 0.3 is 5.97 Å². The molecule has 0 aromatic heterocycles. The highest BCUT2D eigenvalue weighted by Gasteiger charge is 2.06. The fourth-order valence-corrected chi connectivity index (χ4v) is 2.20. The number of carbonyl (C=O) groups excluding carboxylic acids is 1. The van der Waals surface area contributed by atoms with Crippen molar-refractivity contribution in [2.24, 2.45) is 0 Å². The summed E-state index contributed by atoms with van der Waals surface area (Å²) in [4.78, 5) is 13.2. The lowest BCUT2D eigenvalue weighted by molar-refractivity contribution is -0.140. The maximum atomic E-state index is 11.1. The summed E-state index contributed by atoms with van der Waals surface area (Å²) in [5.41, 5.74) is 2.22. The minimum absolute atomic E-state index is 0.185. The molecule has 0 bridgehead atoms. The first kappa shape index (κ1) is 16.1. The van der Waals surface area contributed by atoms with Crippen molar-refractivity contribution in [2.75, 3.05) is 36.9 Å². The van der Waals surface area contributed by atoms with Gasteiger partial charge in [0, 0.05) is 37.0 Å². The molecule has 19 heavy (non-hydrogen) atoms. The molecule has 1 aromatic carbocycles. The van der Waals surface area contributed by atoms with E-state index < -0.39 is 0 Å². The van der Waals surface area contributed by atoms with Gasteiger partial charge in [0.05, 0.1) is 7.11 Å². The quantitative estimate of drug-likeness (QED) is 0.546. The van der Waals surface area contributed by atoms with E-state index in [9.17, 15) is 4.79 Å². The van der Waals surface area contributed by atoms with Gasteiger partial charge in [-0.3, -0.25) is 4.79 Å². The normalized spacial score (nSPS) is 10.3. The highest BCUT2D eigenvalue weighted by molar-refractivity contribution is 6.18. The van der Waals surface area contributed by atoms with Crippen LogP contribution in [0.25, 0.3) is 0 Å². The van der Waals surface area contributed by atoms with E-state index in [-0.39, 0.29) is 5.97 Å². The molecule has 0 unspecified atom stereocenters. The molecule has 1 aromatic rings. The van der Waals surface area contributed by atoms with Crippen LogP contribution in [0.2, 0.25) is 0 Å². The molecular weight excluding hydrogens is 285 g/mol. The highest BCUT2D eigenvalue weighted by Crippen LogP contribution is 2.16. The fraction of sp³-hybridized carbons (Fsp3) is 0.500. The number of rotatable bonds is 8. The first-order valence-corrected chi connectivity index (χ1v) is 7.30. The van der Waals surface area contributed by atoms with Crippen molar-refractivity contribution in [3.05, 3.63) is 29.8 Å². The molecule has 0 amide bonds. The number of carbonyl (C=O) groups is 1. The molecule has 106 valence electrons. The second kappa shape index (κ2) is 9.05. The van der Waals surface area contributed by atoms with Gasteiger partial charge in [-0.25, -0.2) is 0 Å². The largest absolute Gasteiger partial charge is 0.469 e. The predicted molar refractivity (Wildman–Crippen MR) is 80.4 cm³/mol. The first-order chi connectivity index (χ1) is 9.21. The van der Waals surface area contributed by atoms with Gasteiger partial charge in [0.25, 0.3) is 0 Å². The summed E-state index contributed by atoms with van der Waals surface area (Å²) in [5.74, 6) is 0.956. The third-order valence-corrected chi connectivity index (χ3v) is 3.19. The van der Waals surface area contributed by atoms with Crippen molar-refractivity contribution in [1.82, 2.24) is 0 Å². The maximum Gasteiger partial charge on any atom is 0.305 e. The molecule has 0 spiro atoms. The Hall–Kier alpha value is -0.930.